The normalized spacial score (nSPS) is 11.3. The summed E-state index contributed by atoms with van der Waals surface area (Å²) < 4.78 is 40.1. The van der Waals surface area contributed by atoms with E-state index in [2.05, 4.69) is 20.7 Å². The van der Waals surface area contributed by atoms with Crippen LogP contribution >= 0.6 is 11.6 Å². The van der Waals surface area contributed by atoms with E-state index in [0.29, 0.717) is 22.0 Å². The summed E-state index contributed by atoms with van der Waals surface area (Å²) in [6.07, 6.45) is -1.23. The van der Waals surface area contributed by atoms with Crippen LogP contribution in [0.3, 0.4) is 0 Å². The highest BCUT2D eigenvalue weighted by atomic mass is 35.5. The predicted octanol–water partition coefficient (Wildman–Crippen LogP) is 5.51. The molecule has 174 valence electrons. The lowest BCUT2D eigenvalue weighted by atomic mass is 10.1. The van der Waals surface area contributed by atoms with Gasteiger partial charge in [-0.2, -0.15) is 18.3 Å². The van der Waals surface area contributed by atoms with Crippen LogP contribution in [0.1, 0.15) is 11.1 Å². The molecule has 0 saturated carbocycles. The first kappa shape index (κ1) is 23.1. The van der Waals surface area contributed by atoms with Crippen molar-refractivity contribution in [3.05, 3.63) is 89.2 Å². The predicted molar refractivity (Wildman–Crippen MR) is 124 cm³/mol. The number of rotatable bonds is 5. The molecule has 0 atom stereocenters. The molecule has 0 saturated heterocycles. The number of urea groups is 1. The summed E-state index contributed by atoms with van der Waals surface area (Å²) in [5, 5.41) is 10.4. The minimum absolute atomic E-state index is 0.0428. The van der Waals surface area contributed by atoms with E-state index >= 15 is 0 Å². The summed E-state index contributed by atoms with van der Waals surface area (Å²) in [6, 6.07) is 14.1. The second-order valence-corrected chi connectivity index (χ2v) is 7.68. The Kier molecular flexibility index (Phi) is 6.42. The molecule has 11 heteroatoms. The molecule has 0 bridgehead atoms. The molecule has 2 aromatic carbocycles. The van der Waals surface area contributed by atoms with Crippen molar-refractivity contribution in [2.45, 2.75) is 12.7 Å². The Hall–Kier alpha value is -4.05. The Morgan fingerprint density at radius 3 is 2.38 bits per heavy atom. The van der Waals surface area contributed by atoms with Crippen LogP contribution in [-0.2, 0) is 12.7 Å². The first-order valence-electron chi connectivity index (χ1n) is 9.98. The Morgan fingerprint density at radius 2 is 1.76 bits per heavy atom. The van der Waals surface area contributed by atoms with Crippen molar-refractivity contribution in [3.63, 3.8) is 0 Å². The monoisotopic (exact) mass is 486 g/mol. The number of hydrogen-bond acceptors (Lipinski definition) is 4. The van der Waals surface area contributed by atoms with Gasteiger partial charge in [-0.15, -0.1) is 0 Å². The van der Waals surface area contributed by atoms with Crippen LogP contribution in [0.5, 0.6) is 0 Å². The Bertz CT molecular complexity index is 1290. The summed E-state index contributed by atoms with van der Waals surface area (Å²) >= 11 is 5.98. The number of amides is 2. The molecule has 7 nitrogen and oxygen atoms in total. The molecular weight excluding hydrogens is 469 g/mol. The lowest BCUT2D eigenvalue weighted by Crippen LogP contribution is -2.28. The largest absolute Gasteiger partial charge is 0.416 e. The average molecular weight is 487 g/mol. The van der Waals surface area contributed by atoms with E-state index in [0.717, 1.165) is 17.7 Å². The zero-order valence-electron chi connectivity index (χ0n) is 17.5. The average Bonchev–Trinajstić information content (AvgIpc) is 3.14. The van der Waals surface area contributed by atoms with E-state index < -0.39 is 17.8 Å². The number of aromatic nitrogens is 3. The van der Waals surface area contributed by atoms with Crippen LogP contribution in [-0.4, -0.2) is 20.8 Å². The number of carbonyl (C=O) groups excluding carboxylic acids is 1. The highest BCUT2D eigenvalue weighted by Gasteiger charge is 2.30. The van der Waals surface area contributed by atoms with Gasteiger partial charge in [0.25, 0.3) is 0 Å². The van der Waals surface area contributed by atoms with Crippen LogP contribution in [0.15, 0.2) is 73.1 Å². The number of hydrogen-bond donors (Lipinski definition) is 3. The lowest BCUT2D eigenvalue weighted by Gasteiger charge is -2.10. The fourth-order valence-corrected chi connectivity index (χ4v) is 3.32. The smallest absolute Gasteiger partial charge is 0.382 e. The molecule has 0 aliphatic carbocycles. The number of nitrogens with two attached hydrogens (primary N) is 1. The Morgan fingerprint density at radius 1 is 1.06 bits per heavy atom. The van der Waals surface area contributed by atoms with Crippen LogP contribution in [0.25, 0.3) is 16.9 Å². The van der Waals surface area contributed by atoms with Crippen molar-refractivity contribution in [2.24, 2.45) is 0 Å². The molecule has 0 spiro atoms. The number of nitrogens with zero attached hydrogens (tertiary/aromatic N) is 3. The molecule has 2 heterocycles. The van der Waals surface area contributed by atoms with Crippen LogP contribution in [0, 0.1) is 0 Å². The molecule has 0 fully saturated rings. The molecule has 4 aromatic rings. The summed E-state index contributed by atoms with van der Waals surface area (Å²) in [7, 11) is 0. The fraction of sp³-hybridized carbons (Fsp3) is 0.0870. The van der Waals surface area contributed by atoms with Crippen molar-refractivity contribution >= 4 is 29.1 Å². The molecule has 2 amide bonds. The number of carbonyl (C=O) groups is 1. The Labute approximate surface area is 197 Å². The van der Waals surface area contributed by atoms with Crippen molar-refractivity contribution in [1.29, 1.82) is 0 Å². The summed E-state index contributed by atoms with van der Waals surface area (Å²) in [5.41, 5.74) is 7.70. The van der Waals surface area contributed by atoms with E-state index in [1.165, 1.54) is 16.8 Å². The van der Waals surface area contributed by atoms with Gasteiger partial charge in [-0.25, -0.2) is 9.48 Å². The molecule has 4 rings (SSSR count). The van der Waals surface area contributed by atoms with Gasteiger partial charge < -0.3 is 16.4 Å². The highest BCUT2D eigenvalue weighted by Crippen LogP contribution is 2.35. The molecular formula is C23H18ClF3N6O. The minimum atomic E-state index is -4.47. The van der Waals surface area contributed by atoms with Crippen molar-refractivity contribution in [2.75, 3.05) is 11.1 Å². The zero-order chi connectivity index (χ0) is 24.3. The number of nitrogen functional groups attached to an aromatic ring is 1. The standard InChI is InChI=1S/C23H18ClF3N6O/c24-17-7-3-15(4-8-17)19-20(31-22(34)30-13-14-2-1-11-29-12-14)21(28)33(32-19)18-9-5-16(6-10-18)23(25,26)27/h1-12H,13,28H2,(H2,30,31,34). The highest BCUT2D eigenvalue weighted by molar-refractivity contribution is 6.30. The second-order valence-electron chi connectivity index (χ2n) is 7.24. The third kappa shape index (κ3) is 5.12. The van der Waals surface area contributed by atoms with Gasteiger partial charge in [-0.1, -0.05) is 29.8 Å². The van der Waals surface area contributed by atoms with Crippen molar-refractivity contribution in [1.82, 2.24) is 20.1 Å². The summed E-state index contributed by atoms with van der Waals surface area (Å²) in [4.78, 5) is 16.6. The molecule has 0 aliphatic rings. The van der Waals surface area contributed by atoms with Gasteiger partial charge >= 0.3 is 12.2 Å². The van der Waals surface area contributed by atoms with Crippen LogP contribution in [0.2, 0.25) is 5.02 Å². The first-order valence-corrected chi connectivity index (χ1v) is 10.4. The maximum atomic E-state index is 12.9. The molecule has 0 aliphatic heterocycles. The second kappa shape index (κ2) is 9.44. The summed E-state index contributed by atoms with van der Waals surface area (Å²) in [6.45, 7) is 0.225. The molecule has 0 unspecified atom stereocenters. The van der Waals surface area contributed by atoms with Gasteiger partial charge in [0.1, 0.15) is 11.4 Å². The van der Waals surface area contributed by atoms with Gasteiger partial charge in [0.05, 0.1) is 11.3 Å². The van der Waals surface area contributed by atoms with E-state index in [-0.39, 0.29) is 18.1 Å². The van der Waals surface area contributed by atoms with Gasteiger partial charge in [0.2, 0.25) is 0 Å². The number of halogens is 4. The maximum absolute atomic E-state index is 12.9. The fourth-order valence-electron chi connectivity index (χ4n) is 3.20. The third-order valence-electron chi connectivity index (χ3n) is 4.89. The van der Waals surface area contributed by atoms with Crippen molar-refractivity contribution in [3.8, 4) is 16.9 Å². The van der Waals surface area contributed by atoms with Gasteiger partial charge in [-0.05, 0) is 48.0 Å². The number of alkyl halides is 3. The van der Waals surface area contributed by atoms with Crippen LogP contribution < -0.4 is 16.4 Å². The third-order valence-corrected chi connectivity index (χ3v) is 5.14. The SMILES string of the molecule is Nc1c(NC(=O)NCc2cccnc2)c(-c2ccc(Cl)cc2)nn1-c1ccc(C(F)(F)F)cc1. The number of anilines is 2. The van der Waals surface area contributed by atoms with Crippen LogP contribution in [0.4, 0.5) is 29.5 Å². The number of benzene rings is 2. The van der Waals surface area contributed by atoms with Crippen molar-refractivity contribution < 1.29 is 18.0 Å². The first-order chi connectivity index (χ1) is 16.2. The minimum Gasteiger partial charge on any atom is -0.382 e. The molecule has 34 heavy (non-hydrogen) atoms. The molecule has 4 N–H and O–H groups in total. The van der Waals surface area contributed by atoms with Gasteiger partial charge in [0.15, 0.2) is 5.82 Å². The maximum Gasteiger partial charge on any atom is 0.416 e. The van der Waals surface area contributed by atoms with E-state index in [1.54, 1.807) is 42.7 Å². The quantitative estimate of drug-likeness (QED) is 0.346. The summed E-state index contributed by atoms with van der Waals surface area (Å²) in [5.74, 6) is 0.0428. The van der Waals surface area contributed by atoms with Gasteiger partial charge in [-0.3, -0.25) is 4.98 Å². The topological polar surface area (TPSA) is 97.9 Å². The Balaban J connectivity index is 1.67. The molecule has 2 aromatic heterocycles. The van der Waals surface area contributed by atoms with E-state index in [9.17, 15) is 18.0 Å². The lowest BCUT2D eigenvalue weighted by molar-refractivity contribution is -0.137. The number of nitrogens with one attached hydrogen (secondary N) is 2. The van der Waals surface area contributed by atoms with E-state index in [4.69, 9.17) is 17.3 Å². The van der Waals surface area contributed by atoms with Gasteiger partial charge in [0, 0.05) is 29.5 Å². The zero-order valence-corrected chi connectivity index (χ0v) is 18.2. The molecule has 0 radical (unpaired) electrons. The van der Waals surface area contributed by atoms with E-state index in [1.807, 2.05) is 6.07 Å². The number of pyridine rings is 1.